The van der Waals surface area contributed by atoms with Crippen LogP contribution in [0.2, 0.25) is 0 Å². The summed E-state index contributed by atoms with van der Waals surface area (Å²) in [5, 5.41) is 18.0. The lowest BCUT2D eigenvalue weighted by Crippen LogP contribution is -2.00. The molecule has 2 aromatic rings. The molecule has 4 heteroatoms. The molecule has 1 N–H and O–H groups in total. The van der Waals surface area contributed by atoms with Crippen molar-refractivity contribution in [2.45, 2.75) is 0 Å². The summed E-state index contributed by atoms with van der Waals surface area (Å²) >= 11 is 0. The van der Waals surface area contributed by atoms with Crippen LogP contribution in [0.15, 0.2) is 42.5 Å². The Labute approximate surface area is 110 Å². The summed E-state index contributed by atoms with van der Waals surface area (Å²) in [4.78, 5) is 11.3. The lowest BCUT2D eigenvalue weighted by atomic mass is 9.98. The average Bonchev–Trinajstić information content (AvgIpc) is 2.46. The summed E-state index contributed by atoms with van der Waals surface area (Å²) in [6.07, 6.45) is 0. The Morgan fingerprint density at radius 1 is 1.21 bits per heavy atom. The Morgan fingerprint density at radius 2 is 1.89 bits per heavy atom. The summed E-state index contributed by atoms with van der Waals surface area (Å²) in [6.45, 7) is 0. The number of rotatable bonds is 3. The summed E-state index contributed by atoms with van der Waals surface area (Å²) in [6, 6.07) is 13.7. The maximum absolute atomic E-state index is 11.3. The average molecular weight is 253 g/mol. The third-order valence-corrected chi connectivity index (χ3v) is 2.78. The third kappa shape index (κ3) is 2.55. The highest BCUT2D eigenvalue weighted by Crippen LogP contribution is 2.27. The topological polar surface area (TPSA) is 70.3 Å². The Balaban J connectivity index is 2.54. The molecular formula is C15H11NO3. The molecule has 94 valence electrons. The number of benzene rings is 2. The largest absolute Gasteiger partial charge is 0.497 e. The van der Waals surface area contributed by atoms with Gasteiger partial charge in [-0.3, -0.25) is 0 Å². The fraction of sp³-hybridized carbons (Fsp3) is 0.0667. The van der Waals surface area contributed by atoms with Crippen LogP contribution >= 0.6 is 0 Å². The number of hydrogen-bond acceptors (Lipinski definition) is 3. The molecule has 2 aromatic carbocycles. The number of ether oxygens (including phenoxy) is 1. The van der Waals surface area contributed by atoms with Crippen LogP contribution in [0, 0.1) is 11.3 Å². The number of carboxylic acid groups (broad SMARTS) is 1. The minimum absolute atomic E-state index is 0.170. The zero-order valence-electron chi connectivity index (χ0n) is 10.3. The van der Waals surface area contributed by atoms with Crippen molar-refractivity contribution in [3.8, 4) is 22.9 Å². The van der Waals surface area contributed by atoms with Crippen LogP contribution in [0.25, 0.3) is 11.1 Å². The molecule has 0 fully saturated rings. The van der Waals surface area contributed by atoms with E-state index in [0.29, 0.717) is 16.9 Å². The maximum atomic E-state index is 11.3. The second kappa shape index (κ2) is 5.23. The lowest BCUT2D eigenvalue weighted by molar-refractivity contribution is 0.0697. The number of nitriles is 1. The molecule has 0 aliphatic heterocycles. The number of carbonyl (C=O) groups is 1. The molecule has 0 aliphatic rings. The molecular weight excluding hydrogens is 242 g/mol. The summed E-state index contributed by atoms with van der Waals surface area (Å²) in [5.41, 5.74) is 2.05. The number of methoxy groups -OCH3 is 1. The first-order chi connectivity index (χ1) is 9.15. The first-order valence-electron chi connectivity index (χ1n) is 5.57. The van der Waals surface area contributed by atoms with Gasteiger partial charge in [-0.05, 0) is 41.5 Å². The number of aromatic carboxylic acids is 1. The van der Waals surface area contributed by atoms with E-state index >= 15 is 0 Å². The van der Waals surface area contributed by atoms with Crippen LogP contribution in [0.5, 0.6) is 5.75 Å². The predicted molar refractivity (Wildman–Crippen MR) is 70.1 cm³/mol. The lowest BCUT2D eigenvalue weighted by Gasteiger charge is -2.08. The molecule has 0 bridgehead atoms. The fourth-order valence-corrected chi connectivity index (χ4v) is 1.80. The van der Waals surface area contributed by atoms with Crippen LogP contribution < -0.4 is 4.74 Å². The van der Waals surface area contributed by atoms with Gasteiger partial charge in [0.2, 0.25) is 0 Å². The van der Waals surface area contributed by atoms with E-state index in [1.165, 1.54) is 13.2 Å². The molecule has 4 nitrogen and oxygen atoms in total. The Bertz CT molecular complexity index is 654. The van der Waals surface area contributed by atoms with Gasteiger partial charge in [0.05, 0.1) is 24.3 Å². The van der Waals surface area contributed by atoms with E-state index in [1.807, 2.05) is 6.07 Å². The molecule has 0 saturated heterocycles. The standard InChI is InChI=1S/C15H11NO3/c1-19-12-6-7-13(14(8-12)15(17)18)11-4-2-10(9-16)3-5-11/h2-8H,1H3,(H,17,18). The van der Waals surface area contributed by atoms with Gasteiger partial charge in [-0.15, -0.1) is 0 Å². The smallest absolute Gasteiger partial charge is 0.336 e. The van der Waals surface area contributed by atoms with Crippen molar-refractivity contribution in [1.29, 1.82) is 5.26 Å². The summed E-state index contributed by atoms with van der Waals surface area (Å²) in [7, 11) is 1.49. The van der Waals surface area contributed by atoms with Crippen molar-refractivity contribution in [3.05, 3.63) is 53.6 Å². The molecule has 0 atom stereocenters. The second-order valence-electron chi connectivity index (χ2n) is 3.91. The normalized spacial score (nSPS) is 9.68. The van der Waals surface area contributed by atoms with Gasteiger partial charge in [0.25, 0.3) is 0 Å². The van der Waals surface area contributed by atoms with E-state index in [-0.39, 0.29) is 5.56 Å². The highest BCUT2D eigenvalue weighted by Gasteiger charge is 2.13. The number of nitrogens with zero attached hydrogens (tertiary/aromatic N) is 1. The highest BCUT2D eigenvalue weighted by atomic mass is 16.5. The quantitative estimate of drug-likeness (QED) is 0.912. The van der Waals surface area contributed by atoms with Crippen LogP contribution in [0.3, 0.4) is 0 Å². The third-order valence-electron chi connectivity index (χ3n) is 2.78. The maximum Gasteiger partial charge on any atom is 0.336 e. The SMILES string of the molecule is COc1ccc(-c2ccc(C#N)cc2)c(C(=O)O)c1. The van der Waals surface area contributed by atoms with Gasteiger partial charge in [-0.1, -0.05) is 12.1 Å². The van der Waals surface area contributed by atoms with Crippen molar-refractivity contribution in [2.75, 3.05) is 7.11 Å². The van der Waals surface area contributed by atoms with Crippen LogP contribution in [0.4, 0.5) is 0 Å². The van der Waals surface area contributed by atoms with Gasteiger partial charge in [0.15, 0.2) is 0 Å². The molecule has 2 rings (SSSR count). The minimum atomic E-state index is -1.02. The Hall–Kier alpha value is -2.80. The van der Waals surface area contributed by atoms with Gasteiger partial charge >= 0.3 is 5.97 Å². The minimum Gasteiger partial charge on any atom is -0.497 e. The zero-order valence-corrected chi connectivity index (χ0v) is 10.3. The van der Waals surface area contributed by atoms with Crippen molar-refractivity contribution in [2.24, 2.45) is 0 Å². The molecule has 0 aromatic heterocycles. The van der Waals surface area contributed by atoms with Crippen LogP contribution in [-0.2, 0) is 0 Å². The molecule has 0 aliphatic carbocycles. The van der Waals surface area contributed by atoms with E-state index in [1.54, 1.807) is 36.4 Å². The molecule has 0 unspecified atom stereocenters. The second-order valence-corrected chi connectivity index (χ2v) is 3.91. The Kier molecular flexibility index (Phi) is 3.48. The van der Waals surface area contributed by atoms with E-state index in [4.69, 9.17) is 10.00 Å². The monoisotopic (exact) mass is 253 g/mol. The van der Waals surface area contributed by atoms with Gasteiger partial charge in [0, 0.05) is 0 Å². The van der Waals surface area contributed by atoms with E-state index in [0.717, 1.165) is 5.56 Å². The predicted octanol–water partition coefficient (Wildman–Crippen LogP) is 2.93. The van der Waals surface area contributed by atoms with E-state index in [9.17, 15) is 9.90 Å². The highest BCUT2D eigenvalue weighted by molar-refractivity contribution is 5.96. The molecule has 0 saturated carbocycles. The van der Waals surface area contributed by atoms with Crippen molar-refractivity contribution < 1.29 is 14.6 Å². The van der Waals surface area contributed by atoms with Crippen molar-refractivity contribution >= 4 is 5.97 Å². The number of hydrogen-bond donors (Lipinski definition) is 1. The molecule has 0 amide bonds. The molecule has 0 heterocycles. The fourth-order valence-electron chi connectivity index (χ4n) is 1.80. The first-order valence-corrected chi connectivity index (χ1v) is 5.57. The van der Waals surface area contributed by atoms with Crippen LogP contribution in [0.1, 0.15) is 15.9 Å². The molecule has 0 radical (unpaired) electrons. The zero-order chi connectivity index (χ0) is 13.8. The summed E-state index contributed by atoms with van der Waals surface area (Å²) in [5.74, 6) is -0.520. The van der Waals surface area contributed by atoms with Crippen molar-refractivity contribution in [1.82, 2.24) is 0 Å². The summed E-state index contributed by atoms with van der Waals surface area (Å²) < 4.78 is 5.03. The van der Waals surface area contributed by atoms with Gasteiger partial charge in [-0.2, -0.15) is 5.26 Å². The van der Waals surface area contributed by atoms with Crippen LogP contribution in [-0.4, -0.2) is 18.2 Å². The van der Waals surface area contributed by atoms with Crippen molar-refractivity contribution in [3.63, 3.8) is 0 Å². The number of carboxylic acids is 1. The van der Waals surface area contributed by atoms with Gasteiger partial charge in [0.1, 0.15) is 5.75 Å². The van der Waals surface area contributed by atoms with Gasteiger partial charge in [-0.25, -0.2) is 4.79 Å². The van der Waals surface area contributed by atoms with E-state index < -0.39 is 5.97 Å². The van der Waals surface area contributed by atoms with E-state index in [2.05, 4.69) is 0 Å². The van der Waals surface area contributed by atoms with Gasteiger partial charge < -0.3 is 9.84 Å². The first kappa shape index (κ1) is 12.7. The molecule has 19 heavy (non-hydrogen) atoms. The molecule has 0 spiro atoms. The Morgan fingerprint density at radius 3 is 2.42 bits per heavy atom.